The molecule has 0 aliphatic rings. The lowest BCUT2D eigenvalue weighted by Crippen LogP contribution is -2.09. The Morgan fingerprint density at radius 1 is 1.35 bits per heavy atom. The Morgan fingerprint density at radius 2 is 2.15 bits per heavy atom. The van der Waals surface area contributed by atoms with E-state index in [9.17, 15) is 8.78 Å². The zero-order valence-corrected chi connectivity index (χ0v) is 11.5. The molecule has 1 atom stereocenters. The van der Waals surface area contributed by atoms with Crippen LogP contribution in [0.1, 0.15) is 18.7 Å². The van der Waals surface area contributed by atoms with Crippen molar-refractivity contribution in [2.75, 3.05) is 0 Å². The van der Waals surface area contributed by atoms with Crippen LogP contribution >= 0.6 is 12.2 Å². The average Bonchev–Trinajstić information content (AvgIpc) is 3.01. The van der Waals surface area contributed by atoms with E-state index < -0.39 is 11.6 Å². The van der Waals surface area contributed by atoms with E-state index in [-0.39, 0.29) is 11.6 Å². The molecule has 3 rings (SSSR count). The molecule has 0 saturated heterocycles. The third-order valence-corrected chi connectivity index (χ3v) is 3.59. The molecular formula is C14H12F2N2OS. The number of nitrogens with one attached hydrogen (secondary N) is 1. The van der Waals surface area contributed by atoms with Crippen LogP contribution in [-0.2, 0) is 6.42 Å². The Balaban J connectivity index is 2.13. The summed E-state index contributed by atoms with van der Waals surface area (Å²) in [6, 6.07) is 6.05. The maximum atomic E-state index is 14.0. The van der Waals surface area contributed by atoms with E-state index in [1.807, 2.05) is 13.0 Å². The molecule has 0 saturated carbocycles. The number of rotatable bonds is 3. The molecular weight excluding hydrogens is 282 g/mol. The Bertz CT molecular complexity index is 805. The fourth-order valence-electron chi connectivity index (χ4n) is 2.39. The number of H-pyrrole nitrogens is 1. The van der Waals surface area contributed by atoms with Gasteiger partial charge in [-0.1, -0.05) is 0 Å². The van der Waals surface area contributed by atoms with Crippen LogP contribution in [0.5, 0.6) is 0 Å². The highest BCUT2D eigenvalue weighted by Gasteiger charge is 2.18. The van der Waals surface area contributed by atoms with E-state index in [2.05, 4.69) is 4.98 Å². The first-order valence-electron chi connectivity index (χ1n) is 6.18. The second-order valence-electron chi connectivity index (χ2n) is 4.69. The summed E-state index contributed by atoms with van der Waals surface area (Å²) in [6.07, 6.45) is 2.13. The minimum absolute atomic E-state index is 0.154. The van der Waals surface area contributed by atoms with Crippen molar-refractivity contribution in [3.05, 3.63) is 52.7 Å². The molecule has 0 amide bonds. The summed E-state index contributed by atoms with van der Waals surface area (Å²) in [6.45, 7) is 1.88. The summed E-state index contributed by atoms with van der Waals surface area (Å²) in [5, 5.41) is 0. The fraction of sp³-hybridized carbons (Fsp3) is 0.214. The number of hydrogen-bond acceptors (Lipinski definition) is 2. The lowest BCUT2D eigenvalue weighted by molar-refractivity contribution is 0.446. The van der Waals surface area contributed by atoms with Crippen molar-refractivity contribution in [2.24, 2.45) is 0 Å². The maximum Gasteiger partial charge on any atom is 0.184 e. The second kappa shape index (κ2) is 4.86. The maximum absolute atomic E-state index is 14.0. The molecule has 0 radical (unpaired) electrons. The summed E-state index contributed by atoms with van der Waals surface area (Å²) in [5.74, 6) is -1.00. The van der Waals surface area contributed by atoms with Gasteiger partial charge < -0.3 is 14.0 Å². The van der Waals surface area contributed by atoms with Crippen LogP contribution < -0.4 is 0 Å². The molecule has 2 heterocycles. The van der Waals surface area contributed by atoms with Crippen molar-refractivity contribution < 1.29 is 13.2 Å². The van der Waals surface area contributed by atoms with Crippen molar-refractivity contribution >= 4 is 23.3 Å². The Morgan fingerprint density at radius 3 is 2.85 bits per heavy atom. The molecule has 6 heteroatoms. The van der Waals surface area contributed by atoms with E-state index in [0.717, 1.165) is 11.8 Å². The predicted octanol–water partition coefficient (Wildman–Crippen LogP) is 4.37. The van der Waals surface area contributed by atoms with Crippen LogP contribution in [0.3, 0.4) is 0 Å². The molecule has 3 aromatic rings. The first kappa shape index (κ1) is 13.1. The number of benzene rings is 1. The third-order valence-electron chi connectivity index (χ3n) is 3.29. The number of hydrogen-bond donors (Lipinski definition) is 1. The van der Waals surface area contributed by atoms with Gasteiger partial charge in [0, 0.05) is 12.5 Å². The van der Waals surface area contributed by atoms with Crippen molar-refractivity contribution in [3.63, 3.8) is 0 Å². The predicted molar refractivity (Wildman–Crippen MR) is 74.2 cm³/mol. The smallest absolute Gasteiger partial charge is 0.184 e. The fourth-order valence-corrected chi connectivity index (χ4v) is 2.77. The van der Waals surface area contributed by atoms with Gasteiger partial charge in [0.05, 0.1) is 11.8 Å². The number of halogens is 2. The van der Waals surface area contributed by atoms with Gasteiger partial charge in [0.25, 0.3) is 0 Å². The van der Waals surface area contributed by atoms with Crippen LogP contribution in [0, 0.1) is 16.4 Å². The topological polar surface area (TPSA) is 33.9 Å². The molecule has 104 valence electrons. The third kappa shape index (κ3) is 2.06. The first-order chi connectivity index (χ1) is 9.58. The van der Waals surface area contributed by atoms with Gasteiger partial charge in [-0.15, -0.1) is 0 Å². The van der Waals surface area contributed by atoms with Gasteiger partial charge in [0.1, 0.15) is 11.3 Å². The molecule has 0 aliphatic carbocycles. The molecule has 1 unspecified atom stereocenters. The van der Waals surface area contributed by atoms with Crippen LogP contribution in [-0.4, -0.2) is 9.55 Å². The zero-order chi connectivity index (χ0) is 14.3. The summed E-state index contributed by atoms with van der Waals surface area (Å²) in [5.41, 5.74) is 0.647. The number of furan rings is 1. The lowest BCUT2D eigenvalue weighted by Gasteiger charge is -2.13. The van der Waals surface area contributed by atoms with Gasteiger partial charge in [0.15, 0.2) is 16.4 Å². The van der Waals surface area contributed by atoms with E-state index in [4.69, 9.17) is 16.6 Å². The largest absolute Gasteiger partial charge is 0.469 e. The van der Waals surface area contributed by atoms with Gasteiger partial charge in [-0.05, 0) is 43.4 Å². The number of imidazole rings is 1. The van der Waals surface area contributed by atoms with Crippen LogP contribution in [0.2, 0.25) is 0 Å². The molecule has 0 aliphatic heterocycles. The minimum atomic E-state index is -0.888. The molecule has 0 spiro atoms. The van der Waals surface area contributed by atoms with Gasteiger partial charge in [-0.25, -0.2) is 8.78 Å². The number of aromatic amines is 1. The lowest BCUT2D eigenvalue weighted by atomic mass is 10.2. The number of aromatic nitrogens is 2. The van der Waals surface area contributed by atoms with Gasteiger partial charge in [0.2, 0.25) is 0 Å². The van der Waals surface area contributed by atoms with E-state index in [1.54, 1.807) is 16.9 Å². The molecule has 1 aromatic carbocycles. The second-order valence-corrected chi connectivity index (χ2v) is 5.08. The summed E-state index contributed by atoms with van der Waals surface area (Å²) in [7, 11) is 0. The van der Waals surface area contributed by atoms with Crippen LogP contribution in [0.25, 0.3) is 11.0 Å². The highest BCUT2D eigenvalue weighted by Crippen LogP contribution is 2.25. The van der Waals surface area contributed by atoms with E-state index in [1.165, 1.54) is 6.07 Å². The van der Waals surface area contributed by atoms with Gasteiger partial charge in [-0.2, -0.15) is 0 Å². The van der Waals surface area contributed by atoms with Gasteiger partial charge >= 0.3 is 0 Å². The van der Waals surface area contributed by atoms with Crippen molar-refractivity contribution in [2.45, 2.75) is 19.4 Å². The molecule has 0 fully saturated rings. The van der Waals surface area contributed by atoms with Crippen molar-refractivity contribution in [3.8, 4) is 0 Å². The van der Waals surface area contributed by atoms with E-state index >= 15 is 0 Å². The zero-order valence-electron chi connectivity index (χ0n) is 10.7. The quantitative estimate of drug-likeness (QED) is 0.728. The Kier molecular flexibility index (Phi) is 3.17. The molecule has 3 nitrogen and oxygen atoms in total. The monoisotopic (exact) mass is 294 g/mol. The highest BCUT2D eigenvalue weighted by atomic mass is 32.1. The molecule has 1 N–H and O–H groups in total. The average molecular weight is 294 g/mol. The van der Waals surface area contributed by atoms with Crippen molar-refractivity contribution in [1.29, 1.82) is 0 Å². The molecule has 20 heavy (non-hydrogen) atoms. The normalized spacial score (nSPS) is 12.9. The number of fused-ring (bicyclic) bond motifs is 1. The summed E-state index contributed by atoms with van der Waals surface area (Å²) >= 11 is 5.22. The molecule has 0 bridgehead atoms. The Hall–Kier alpha value is -1.95. The van der Waals surface area contributed by atoms with Crippen molar-refractivity contribution in [1.82, 2.24) is 9.55 Å². The molecule has 2 aromatic heterocycles. The standard InChI is InChI=1S/C14H12F2N2OS/c1-8(7-9-3-2-6-19-9)18-13-11(17-14(18)20)5-4-10(15)12(13)16/h2-6,8H,7H2,1H3,(H,17,20). The Labute approximate surface area is 118 Å². The SMILES string of the molecule is CC(Cc1ccco1)n1c(=S)[nH]c2ccc(F)c(F)c21. The minimum Gasteiger partial charge on any atom is -0.469 e. The van der Waals surface area contributed by atoms with Crippen LogP contribution in [0.15, 0.2) is 34.9 Å². The number of nitrogens with zero attached hydrogens (tertiary/aromatic N) is 1. The highest BCUT2D eigenvalue weighted by molar-refractivity contribution is 7.71. The van der Waals surface area contributed by atoms with Crippen LogP contribution in [0.4, 0.5) is 8.78 Å². The first-order valence-corrected chi connectivity index (χ1v) is 6.59. The summed E-state index contributed by atoms with van der Waals surface area (Å²) < 4.78 is 34.7. The summed E-state index contributed by atoms with van der Waals surface area (Å²) in [4.78, 5) is 2.90. The van der Waals surface area contributed by atoms with Gasteiger partial charge in [-0.3, -0.25) is 0 Å². The van der Waals surface area contributed by atoms with E-state index in [0.29, 0.717) is 16.7 Å².